The summed E-state index contributed by atoms with van der Waals surface area (Å²) in [7, 11) is 0. The van der Waals surface area contributed by atoms with E-state index < -0.39 is 0 Å². The van der Waals surface area contributed by atoms with Crippen LogP contribution in [0.2, 0.25) is 0 Å². The van der Waals surface area contributed by atoms with Crippen LogP contribution >= 0.6 is 0 Å². The van der Waals surface area contributed by atoms with Gasteiger partial charge in [0.1, 0.15) is 24.2 Å². The van der Waals surface area contributed by atoms with Crippen LogP contribution in [0, 0.1) is 11.3 Å². The Morgan fingerprint density at radius 1 is 0.833 bits per heavy atom. The van der Waals surface area contributed by atoms with Gasteiger partial charge in [-0.15, -0.1) is 0 Å². The molecule has 0 saturated heterocycles. The van der Waals surface area contributed by atoms with Gasteiger partial charge in [-0.05, 0) is 29.8 Å². The van der Waals surface area contributed by atoms with Crippen LogP contribution in [0.4, 0.5) is 0 Å². The molecular weight excluding hydrogens is 226 g/mol. The Kier molecular flexibility index (Phi) is 4.21. The number of nitrogens with zero attached hydrogens (tertiary/aromatic N) is 1. The third-order valence-electron chi connectivity index (χ3n) is 2.38. The second-order valence-corrected chi connectivity index (χ2v) is 3.69. The van der Waals surface area contributed by atoms with E-state index in [0.717, 1.165) is 11.3 Å². The maximum absolute atomic E-state index is 8.39. The normalized spacial score (nSPS) is 9.50. The lowest BCUT2D eigenvalue weighted by Gasteiger charge is -2.07. The molecule has 0 bridgehead atoms. The van der Waals surface area contributed by atoms with Gasteiger partial charge >= 0.3 is 0 Å². The Morgan fingerprint density at radius 3 is 2.06 bits per heavy atom. The minimum Gasteiger partial charge on any atom is -0.489 e. The zero-order valence-corrected chi connectivity index (χ0v) is 9.87. The Balaban J connectivity index is 1.89. The summed E-state index contributed by atoms with van der Waals surface area (Å²) in [6.07, 6.45) is 0. The van der Waals surface area contributed by atoms with Crippen molar-refractivity contribution in [2.24, 2.45) is 0 Å². The van der Waals surface area contributed by atoms with Crippen LogP contribution in [0.25, 0.3) is 0 Å². The highest BCUT2D eigenvalue weighted by Gasteiger charge is 1.97. The lowest BCUT2D eigenvalue weighted by Crippen LogP contribution is -1.96. The standard InChI is InChI=1S/C15H13NO2/c16-10-11-17-14-6-8-15(9-7-14)18-12-13-4-2-1-3-5-13/h1-9H,11-12H2. The van der Waals surface area contributed by atoms with Crippen molar-refractivity contribution in [3.8, 4) is 17.6 Å². The molecule has 0 radical (unpaired) electrons. The average molecular weight is 239 g/mol. The molecule has 2 rings (SSSR count). The van der Waals surface area contributed by atoms with Crippen molar-refractivity contribution in [1.82, 2.24) is 0 Å². The van der Waals surface area contributed by atoms with Crippen molar-refractivity contribution in [1.29, 1.82) is 5.26 Å². The lowest BCUT2D eigenvalue weighted by molar-refractivity contribution is 0.305. The maximum atomic E-state index is 8.39. The van der Waals surface area contributed by atoms with E-state index in [1.54, 1.807) is 12.1 Å². The van der Waals surface area contributed by atoms with Crippen molar-refractivity contribution in [2.45, 2.75) is 6.61 Å². The first-order chi connectivity index (χ1) is 8.88. The summed E-state index contributed by atoms with van der Waals surface area (Å²) >= 11 is 0. The Bertz CT molecular complexity index is 514. The van der Waals surface area contributed by atoms with Crippen LogP contribution in [0.15, 0.2) is 54.6 Å². The quantitative estimate of drug-likeness (QED) is 0.804. The minimum atomic E-state index is 0.0597. The molecule has 0 atom stereocenters. The predicted octanol–water partition coefficient (Wildman–Crippen LogP) is 3.17. The van der Waals surface area contributed by atoms with E-state index in [9.17, 15) is 0 Å². The first-order valence-electron chi connectivity index (χ1n) is 5.65. The van der Waals surface area contributed by atoms with Crippen LogP contribution in [0.5, 0.6) is 11.5 Å². The van der Waals surface area contributed by atoms with Crippen LogP contribution in [0.1, 0.15) is 5.56 Å². The van der Waals surface area contributed by atoms with E-state index in [2.05, 4.69) is 0 Å². The number of rotatable bonds is 5. The van der Waals surface area contributed by atoms with Crippen molar-refractivity contribution < 1.29 is 9.47 Å². The molecule has 0 aliphatic carbocycles. The summed E-state index contributed by atoms with van der Waals surface area (Å²) in [6, 6.07) is 19.1. The number of hydrogen-bond donors (Lipinski definition) is 0. The number of benzene rings is 2. The molecule has 3 nitrogen and oxygen atoms in total. The van der Waals surface area contributed by atoms with Crippen molar-refractivity contribution in [3.63, 3.8) is 0 Å². The fourth-order valence-corrected chi connectivity index (χ4v) is 1.49. The molecule has 0 saturated carbocycles. The SMILES string of the molecule is N#CCOc1ccc(OCc2ccccc2)cc1. The van der Waals surface area contributed by atoms with Gasteiger partial charge in [0.2, 0.25) is 0 Å². The first-order valence-corrected chi connectivity index (χ1v) is 5.65. The van der Waals surface area contributed by atoms with E-state index in [-0.39, 0.29) is 6.61 Å². The monoisotopic (exact) mass is 239 g/mol. The Labute approximate surface area is 106 Å². The minimum absolute atomic E-state index is 0.0597. The average Bonchev–Trinajstić information content (AvgIpc) is 2.45. The summed E-state index contributed by atoms with van der Waals surface area (Å²) in [5.74, 6) is 1.45. The maximum Gasteiger partial charge on any atom is 0.174 e. The van der Waals surface area contributed by atoms with Crippen molar-refractivity contribution in [2.75, 3.05) is 6.61 Å². The second kappa shape index (κ2) is 6.31. The van der Waals surface area contributed by atoms with E-state index in [0.29, 0.717) is 12.4 Å². The highest BCUT2D eigenvalue weighted by molar-refractivity contribution is 5.31. The van der Waals surface area contributed by atoms with Crippen molar-refractivity contribution >= 4 is 0 Å². The molecule has 0 spiro atoms. The molecule has 90 valence electrons. The first kappa shape index (κ1) is 12.0. The van der Waals surface area contributed by atoms with Gasteiger partial charge in [0.15, 0.2) is 6.61 Å². The molecule has 2 aromatic carbocycles. The number of hydrogen-bond acceptors (Lipinski definition) is 3. The zero-order valence-electron chi connectivity index (χ0n) is 9.87. The molecule has 0 unspecified atom stereocenters. The second-order valence-electron chi connectivity index (χ2n) is 3.69. The molecule has 0 N–H and O–H groups in total. The van der Waals surface area contributed by atoms with Gasteiger partial charge in [-0.1, -0.05) is 30.3 Å². The molecule has 0 heterocycles. The van der Waals surface area contributed by atoms with Crippen molar-refractivity contribution in [3.05, 3.63) is 60.2 Å². The van der Waals surface area contributed by atoms with Gasteiger partial charge < -0.3 is 9.47 Å². The number of nitriles is 1. The van der Waals surface area contributed by atoms with E-state index in [1.165, 1.54) is 0 Å². The van der Waals surface area contributed by atoms with Crippen LogP contribution in [-0.2, 0) is 6.61 Å². The molecule has 0 aromatic heterocycles. The fraction of sp³-hybridized carbons (Fsp3) is 0.133. The highest BCUT2D eigenvalue weighted by atomic mass is 16.5. The van der Waals surface area contributed by atoms with E-state index in [4.69, 9.17) is 14.7 Å². The molecule has 0 amide bonds. The summed E-state index contributed by atoms with van der Waals surface area (Å²) in [5, 5.41) is 8.39. The van der Waals surface area contributed by atoms with Gasteiger partial charge in [0.05, 0.1) is 0 Å². The molecule has 0 aliphatic heterocycles. The lowest BCUT2D eigenvalue weighted by atomic mass is 10.2. The van der Waals surface area contributed by atoms with Gasteiger partial charge in [-0.2, -0.15) is 5.26 Å². The van der Waals surface area contributed by atoms with Gasteiger partial charge in [-0.3, -0.25) is 0 Å². The third kappa shape index (κ3) is 3.53. The topological polar surface area (TPSA) is 42.2 Å². The largest absolute Gasteiger partial charge is 0.489 e. The molecule has 0 aliphatic rings. The zero-order chi connectivity index (χ0) is 12.6. The number of ether oxygens (including phenoxy) is 2. The molecule has 3 heteroatoms. The van der Waals surface area contributed by atoms with Gasteiger partial charge in [0, 0.05) is 0 Å². The van der Waals surface area contributed by atoms with Crippen LogP contribution < -0.4 is 9.47 Å². The van der Waals surface area contributed by atoms with Crippen LogP contribution in [-0.4, -0.2) is 6.61 Å². The van der Waals surface area contributed by atoms with E-state index >= 15 is 0 Å². The summed E-state index contributed by atoms with van der Waals surface area (Å²) in [6.45, 7) is 0.601. The Hall–Kier alpha value is -2.47. The van der Waals surface area contributed by atoms with Crippen LogP contribution in [0.3, 0.4) is 0 Å². The predicted molar refractivity (Wildman–Crippen MR) is 68.3 cm³/mol. The van der Waals surface area contributed by atoms with E-state index in [1.807, 2.05) is 48.5 Å². The molecule has 2 aromatic rings. The Morgan fingerprint density at radius 2 is 1.44 bits per heavy atom. The fourth-order valence-electron chi connectivity index (χ4n) is 1.49. The summed E-state index contributed by atoms with van der Waals surface area (Å²) < 4.78 is 10.8. The molecular formula is C15H13NO2. The summed E-state index contributed by atoms with van der Waals surface area (Å²) in [5.41, 5.74) is 1.13. The third-order valence-corrected chi connectivity index (χ3v) is 2.38. The highest BCUT2D eigenvalue weighted by Crippen LogP contribution is 2.18. The summed E-state index contributed by atoms with van der Waals surface area (Å²) in [4.78, 5) is 0. The van der Waals surface area contributed by atoms with Gasteiger partial charge in [0.25, 0.3) is 0 Å². The smallest absolute Gasteiger partial charge is 0.174 e. The molecule has 0 fully saturated rings. The van der Waals surface area contributed by atoms with Gasteiger partial charge in [-0.25, -0.2) is 0 Å². The molecule has 18 heavy (non-hydrogen) atoms.